The van der Waals surface area contributed by atoms with Gasteiger partial charge in [-0.05, 0) is 149 Å². The summed E-state index contributed by atoms with van der Waals surface area (Å²) in [4.78, 5) is 34.7. The molecule has 3 aromatic carbocycles. The molecule has 8 nitrogen and oxygen atoms in total. The van der Waals surface area contributed by atoms with Crippen molar-refractivity contribution in [1.29, 1.82) is 0 Å². The number of hydrogen-bond donors (Lipinski definition) is 1. The highest BCUT2D eigenvalue weighted by atomic mass is 16.5. The van der Waals surface area contributed by atoms with Gasteiger partial charge in [-0.25, -0.2) is 9.59 Å². The van der Waals surface area contributed by atoms with Gasteiger partial charge in [0.1, 0.15) is 11.5 Å². The Kier molecular flexibility index (Phi) is 19.0. The number of benzene rings is 3. The summed E-state index contributed by atoms with van der Waals surface area (Å²) < 4.78 is 23.2. The first-order chi connectivity index (χ1) is 25.6. The number of ether oxygens (including phenoxy) is 4. The molecule has 0 aliphatic rings. The van der Waals surface area contributed by atoms with E-state index in [4.69, 9.17) is 24.1 Å². The van der Waals surface area contributed by atoms with Crippen LogP contribution in [0.15, 0.2) is 85.0 Å². The Morgan fingerprint density at radius 1 is 0.623 bits per heavy atom. The van der Waals surface area contributed by atoms with Crippen molar-refractivity contribution in [2.24, 2.45) is 0 Å². The number of hydrogen-bond acceptors (Lipinski definition) is 7. The quantitative estimate of drug-likeness (QED) is 0.0495. The van der Waals surface area contributed by atoms with Gasteiger partial charge in [0.2, 0.25) is 0 Å². The first-order valence-electron chi connectivity index (χ1n) is 19.0. The molecule has 0 heterocycles. The summed E-state index contributed by atoms with van der Waals surface area (Å²) >= 11 is 0. The second kappa shape index (κ2) is 23.7. The third kappa shape index (κ3) is 15.7. The SMILES string of the molecule is C=C(C)C(=O)OCCCc1cc(-c2ccccc2CC)cc(CCCOC(=O)C(=C)C)c1OCCCCCc1ccc(OCCCCCC(=O)O)cc1. The first kappa shape index (κ1) is 42.6. The summed E-state index contributed by atoms with van der Waals surface area (Å²) in [6, 6.07) is 21.1. The lowest BCUT2D eigenvalue weighted by Gasteiger charge is -2.20. The number of rotatable bonds is 26. The summed E-state index contributed by atoms with van der Waals surface area (Å²) in [7, 11) is 0. The minimum absolute atomic E-state index is 0.206. The molecule has 0 atom stereocenters. The van der Waals surface area contributed by atoms with Crippen molar-refractivity contribution in [3.63, 3.8) is 0 Å². The van der Waals surface area contributed by atoms with Gasteiger partial charge in [0.15, 0.2) is 0 Å². The van der Waals surface area contributed by atoms with Crippen LogP contribution in [0, 0.1) is 0 Å². The Morgan fingerprint density at radius 2 is 1.19 bits per heavy atom. The number of carboxylic acid groups (broad SMARTS) is 1. The van der Waals surface area contributed by atoms with E-state index in [1.807, 2.05) is 12.1 Å². The molecule has 0 spiro atoms. The van der Waals surface area contributed by atoms with Gasteiger partial charge in [-0.3, -0.25) is 4.79 Å². The minimum Gasteiger partial charge on any atom is -0.494 e. The van der Waals surface area contributed by atoms with Gasteiger partial charge in [-0.15, -0.1) is 0 Å². The van der Waals surface area contributed by atoms with E-state index in [1.54, 1.807) is 13.8 Å². The van der Waals surface area contributed by atoms with Crippen LogP contribution >= 0.6 is 0 Å². The monoisotopic (exact) mass is 726 g/mol. The molecule has 0 unspecified atom stereocenters. The minimum atomic E-state index is -0.753. The molecule has 0 saturated carbocycles. The van der Waals surface area contributed by atoms with E-state index in [0.29, 0.717) is 56.5 Å². The fraction of sp³-hybridized carbons (Fsp3) is 0.444. The highest BCUT2D eigenvalue weighted by Crippen LogP contribution is 2.35. The van der Waals surface area contributed by atoms with Crippen LogP contribution in [0.4, 0.5) is 0 Å². The molecule has 3 aromatic rings. The Balaban J connectivity index is 1.66. The van der Waals surface area contributed by atoms with Crippen molar-refractivity contribution in [3.05, 3.63) is 107 Å². The second-order valence-electron chi connectivity index (χ2n) is 13.5. The highest BCUT2D eigenvalue weighted by molar-refractivity contribution is 5.87. The molecule has 8 heteroatoms. The lowest BCUT2D eigenvalue weighted by atomic mass is 9.91. The van der Waals surface area contributed by atoms with Crippen molar-refractivity contribution in [2.75, 3.05) is 26.4 Å². The van der Waals surface area contributed by atoms with E-state index >= 15 is 0 Å². The van der Waals surface area contributed by atoms with E-state index in [9.17, 15) is 14.4 Å². The summed E-state index contributed by atoms with van der Waals surface area (Å²) in [6.45, 7) is 14.5. The Labute approximate surface area is 316 Å². The smallest absolute Gasteiger partial charge is 0.333 e. The van der Waals surface area contributed by atoms with Crippen molar-refractivity contribution >= 4 is 17.9 Å². The van der Waals surface area contributed by atoms with Crippen LogP contribution in [0.5, 0.6) is 11.5 Å². The second-order valence-corrected chi connectivity index (χ2v) is 13.5. The van der Waals surface area contributed by atoms with Crippen LogP contribution in [0.25, 0.3) is 11.1 Å². The van der Waals surface area contributed by atoms with Gasteiger partial charge < -0.3 is 24.1 Å². The van der Waals surface area contributed by atoms with E-state index < -0.39 is 5.97 Å². The summed E-state index contributed by atoms with van der Waals surface area (Å²) in [6.07, 6.45) is 9.98. The Hall–Kier alpha value is -4.85. The molecule has 0 fully saturated rings. The third-order valence-electron chi connectivity index (χ3n) is 8.88. The predicted molar refractivity (Wildman–Crippen MR) is 211 cm³/mol. The van der Waals surface area contributed by atoms with Crippen molar-refractivity contribution in [1.82, 2.24) is 0 Å². The molecule has 3 rings (SSSR count). The van der Waals surface area contributed by atoms with E-state index in [-0.39, 0.29) is 31.6 Å². The Bertz CT molecular complexity index is 1580. The van der Waals surface area contributed by atoms with Crippen LogP contribution in [-0.2, 0) is 49.5 Å². The van der Waals surface area contributed by atoms with Crippen LogP contribution in [0.2, 0.25) is 0 Å². The normalized spacial score (nSPS) is 10.8. The number of carbonyl (C=O) groups excluding carboxylic acids is 2. The van der Waals surface area contributed by atoms with Gasteiger partial charge in [0.25, 0.3) is 0 Å². The molecule has 0 aliphatic carbocycles. The predicted octanol–water partition coefficient (Wildman–Crippen LogP) is 9.84. The van der Waals surface area contributed by atoms with Gasteiger partial charge in [-0.2, -0.15) is 0 Å². The van der Waals surface area contributed by atoms with E-state index in [1.165, 1.54) is 16.7 Å². The van der Waals surface area contributed by atoms with Crippen LogP contribution in [-0.4, -0.2) is 49.4 Å². The van der Waals surface area contributed by atoms with Gasteiger partial charge in [0.05, 0.1) is 26.4 Å². The topological polar surface area (TPSA) is 108 Å². The van der Waals surface area contributed by atoms with Crippen LogP contribution in [0.1, 0.15) is 101 Å². The molecule has 0 aliphatic heterocycles. The number of carboxylic acids is 1. The fourth-order valence-electron chi connectivity index (χ4n) is 5.96. The van der Waals surface area contributed by atoms with Crippen molar-refractivity contribution in [3.8, 4) is 22.6 Å². The lowest BCUT2D eigenvalue weighted by molar-refractivity contribution is -0.139. The van der Waals surface area contributed by atoms with Gasteiger partial charge >= 0.3 is 17.9 Å². The molecule has 0 amide bonds. The number of unbranched alkanes of at least 4 members (excludes halogenated alkanes) is 4. The number of carbonyl (C=O) groups is 3. The number of esters is 2. The highest BCUT2D eigenvalue weighted by Gasteiger charge is 2.16. The molecule has 0 aromatic heterocycles. The zero-order chi connectivity index (χ0) is 38.4. The molecular weight excluding hydrogens is 668 g/mol. The Morgan fingerprint density at radius 3 is 1.75 bits per heavy atom. The molecule has 0 bridgehead atoms. The zero-order valence-corrected chi connectivity index (χ0v) is 32.0. The third-order valence-corrected chi connectivity index (χ3v) is 8.88. The number of aliphatic carboxylic acids is 1. The fourth-order valence-corrected chi connectivity index (χ4v) is 5.96. The van der Waals surface area contributed by atoms with Gasteiger partial charge in [-0.1, -0.05) is 56.5 Å². The maximum absolute atomic E-state index is 12.0. The maximum Gasteiger partial charge on any atom is 0.333 e. The first-order valence-corrected chi connectivity index (χ1v) is 19.0. The van der Waals surface area contributed by atoms with Crippen molar-refractivity contribution < 1.29 is 38.4 Å². The summed E-state index contributed by atoms with van der Waals surface area (Å²) in [5.74, 6) is 0.166. The maximum atomic E-state index is 12.0. The molecule has 0 saturated heterocycles. The average Bonchev–Trinajstić information content (AvgIpc) is 3.15. The van der Waals surface area contributed by atoms with Crippen LogP contribution in [0.3, 0.4) is 0 Å². The van der Waals surface area contributed by atoms with Crippen LogP contribution < -0.4 is 9.47 Å². The zero-order valence-electron chi connectivity index (χ0n) is 32.0. The molecule has 1 N–H and O–H groups in total. The lowest BCUT2D eigenvalue weighted by Crippen LogP contribution is -2.10. The van der Waals surface area contributed by atoms with Gasteiger partial charge in [0, 0.05) is 17.6 Å². The standard InChI is InChI=1S/C45H58O8/c1-6-36-18-11-12-21-41(36)39-31-37(19-15-29-52-44(48)33(2)3)43(38(32-39)20-16-30-53-45(49)34(4)5)51-28-14-7-9-17-35-23-25-40(26-24-35)50-27-13-8-10-22-42(46)47/h11-12,18,21,23-26,31-32H,2,4,6-10,13-17,19-20,22,27-30H2,1,3,5H3,(H,46,47). The average molecular weight is 727 g/mol. The number of aryl methyl sites for hydroxylation is 4. The summed E-state index contributed by atoms with van der Waals surface area (Å²) in [5.41, 5.74) is 7.71. The molecule has 0 radical (unpaired) electrons. The molecular formula is C45H58O8. The van der Waals surface area contributed by atoms with E-state index in [2.05, 4.69) is 68.6 Å². The van der Waals surface area contributed by atoms with Crippen molar-refractivity contribution in [2.45, 2.75) is 104 Å². The largest absolute Gasteiger partial charge is 0.494 e. The van der Waals surface area contributed by atoms with E-state index in [0.717, 1.165) is 73.1 Å². The summed E-state index contributed by atoms with van der Waals surface area (Å²) in [5, 5.41) is 8.75. The molecule has 286 valence electrons. The molecule has 53 heavy (non-hydrogen) atoms.